The Morgan fingerprint density at radius 1 is 0.704 bits per heavy atom. The molecule has 0 saturated heterocycles. The zero-order valence-electron chi connectivity index (χ0n) is 18.8. The Hall–Kier alpha value is -0.0800. The van der Waals surface area contributed by atoms with Gasteiger partial charge in [0.05, 0.1) is 18.3 Å². The molecule has 1 aliphatic carbocycles. The molecule has 0 aromatic heterocycles. The van der Waals surface area contributed by atoms with Crippen molar-refractivity contribution in [3.8, 4) is 0 Å². The fraction of sp³-hybridized carbons (Fsp3) is 1.00. The standard InChI is InChI=1S/C25H50O2/c1-3-5-7-9-11-12-15-19-24(23-26)27-25(21-17-14-18-22-25)20-16-13-10-8-6-4-2/h24,26H,3-23H2,1-2H3. The largest absolute Gasteiger partial charge is 0.394 e. The van der Waals surface area contributed by atoms with Crippen molar-refractivity contribution in [1.29, 1.82) is 0 Å². The minimum absolute atomic E-state index is 0.0684. The quantitative estimate of drug-likeness (QED) is 0.244. The third kappa shape index (κ3) is 12.2. The average Bonchev–Trinajstić information content (AvgIpc) is 2.70. The fourth-order valence-electron chi connectivity index (χ4n) is 4.72. The lowest BCUT2D eigenvalue weighted by Crippen LogP contribution is -2.40. The Labute approximate surface area is 170 Å². The predicted octanol–water partition coefficient (Wildman–Crippen LogP) is 7.96. The van der Waals surface area contributed by atoms with E-state index in [2.05, 4.69) is 13.8 Å². The van der Waals surface area contributed by atoms with Crippen LogP contribution in [0.5, 0.6) is 0 Å². The maximum atomic E-state index is 9.89. The molecule has 0 spiro atoms. The van der Waals surface area contributed by atoms with Gasteiger partial charge in [-0.3, -0.25) is 0 Å². The number of unbranched alkanes of at least 4 members (excludes halogenated alkanes) is 11. The van der Waals surface area contributed by atoms with Crippen molar-refractivity contribution in [3.05, 3.63) is 0 Å². The summed E-state index contributed by atoms with van der Waals surface area (Å²) in [5.74, 6) is 0. The highest BCUT2D eigenvalue weighted by Gasteiger charge is 2.34. The molecular weight excluding hydrogens is 332 g/mol. The second-order valence-electron chi connectivity index (χ2n) is 9.09. The van der Waals surface area contributed by atoms with Crippen LogP contribution in [0.15, 0.2) is 0 Å². The van der Waals surface area contributed by atoms with Gasteiger partial charge in [-0.05, 0) is 25.7 Å². The van der Waals surface area contributed by atoms with Gasteiger partial charge in [0.2, 0.25) is 0 Å². The van der Waals surface area contributed by atoms with Crippen LogP contribution in [0.25, 0.3) is 0 Å². The molecule has 1 fully saturated rings. The smallest absolute Gasteiger partial charge is 0.0813 e. The molecule has 0 aliphatic heterocycles. The Morgan fingerprint density at radius 2 is 1.22 bits per heavy atom. The second-order valence-corrected chi connectivity index (χ2v) is 9.09. The number of hydrogen-bond acceptors (Lipinski definition) is 2. The molecule has 0 aromatic rings. The van der Waals surface area contributed by atoms with Crippen LogP contribution >= 0.6 is 0 Å². The van der Waals surface area contributed by atoms with Gasteiger partial charge in [0, 0.05) is 0 Å². The molecule has 1 atom stereocenters. The summed E-state index contributed by atoms with van der Waals surface area (Å²) in [6, 6.07) is 0. The Morgan fingerprint density at radius 3 is 1.78 bits per heavy atom. The van der Waals surface area contributed by atoms with E-state index in [0.29, 0.717) is 0 Å². The van der Waals surface area contributed by atoms with Crippen LogP contribution in [0.4, 0.5) is 0 Å². The van der Waals surface area contributed by atoms with E-state index in [9.17, 15) is 5.11 Å². The molecule has 1 aliphatic rings. The number of aliphatic hydroxyl groups excluding tert-OH is 1. The van der Waals surface area contributed by atoms with Gasteiger partial charge in [-0.15, -0.1) is 0 Å². The number of hydrogen-bond donors (Lipinski definition) is 1. The van der Waals surface area contributed by atoms with Gasteiger partial charge in [0.1, 0.15) is 0 Å². The molecule has 27 heavy (non-hydrogen) atoms. The van der Waals surface area contributed by atoms with Crippen LogP contribution in [0.2, 0.25) is 0 Å². The Balaban J connectivity index is 2.29. The van der Waals surface area contributed by atoms with Crippen LogP contribution in [0, 0.1) is 0 Å². The summed E-state index contributed by atoms with van der Waals surface area (Å²) in [6.45, 7) is 4.76. The minimum atomic E-state index is 0.0684. The zero-order chi connectivity index (χ0) is 19.6. The first kappa shape index (κ1) is 25.0. The van der Waals surface area contributed by atoms with Gasteiger partial charge in [-0.25, -0.2) is 0 Å². The SMILES string of the molecule is CCCCCCCCCC(CO)OC1(CCCCCCCC)CCCCC1. The van der Waals surface area contributed by atoms with Crippen molar-refractivity contribution >= 4 is 0 Å². The van der Waals surface area contributed by atoms with E-state index >= 15 is 0 Å². The number of ether oxygens (including phenoxy) is 1. The summed E-state index contributed by atoms with van der Waals surface area (Å²) in [4.78, 5) is 0. The highest BCUT2D eigenvalue weighted by molar-refractivity contribution is 4.86. The van der Waals surface area contributed by atoms with Crippen molar-refractivity contribution in [2.45, 2.75) is 154 Å². The lowest BCUT2D eigenvalue weighted by Gasteiger charge is -2.40. The lowest BCUT2D eigenvalue weighted by molar-refractivity contribution is -0.135. The highest BCUT2D eigenvalue weighted by atomic mass is 16.5. The average molecular weight is 383 g/mol. The minimum Gasteiger partial charge on any atom is -0.394 e. The van der Waals surface area contributed by atoms with Gasteiger partial charge in [-0.1, -0.05) is 117 Å². The summed E-state index contributed by atoms with van der Waals surface area (Å²) in [6.07, 6.45) is 26.2. The van der Waals surface area contributed by atoms with E-state index in [-0.39, 0.29) is 18.3 Å². The number of rotatable bonds is 18. The Kier molecular flexibility index (Phi) is 15.6. The van der Waals surface area contributed by atoms with Crippen LogP contribution in [0.3, 0.4) is 0 Å². The van der Waals surface area contributed by atoms with Gasteiger partial charge >= 0.3 is 0 Å². The van der Waals surface area contributed by atoms with Crippen LogP contribution < -0.4 is 0 Å². The molecule has 0 radical (unpaired) electrons. The molecule has 1 rings (SSSR count). The molecule has 1 N–H and O–H groups in total. The molecule has 1 saturated carbocycles. The number of aliphatic hydroxyl groups is 1. The topological polar surface area (TPSA) is 29.5 Å². The first-order valence-corrected chi connectivity index (χ1v) is 12.5. The van der Waals surface area contributed by atoms with Crippen LogP contribution in [-0.2, 0) is 4.74 Å². The predicted molar refractivity (Wildman–Crippen MR) is 118 cm³/mol. The van der Waals surface area contributed by atoms with E-state index in [1.54, 1.807) is 0 Å². The van der Waals surface area contributed by atoms with Crippen molar-refractivity contribution in [2.24, 2.45) is 0 Å². The van der Waals surface area contributed by atoms with Crippen molar-refractivity contribution in [2.75, 3.05) is 6.61 Å². The molecule has 1 unspecified atom stereocenters. The molecule has 2 nitrogen and oxygen atoms in total. The summed E-state index contributed by atoms with van der Waals surface area (Å²) in [5, 5.41) is 9.89. The normalized spacial score (nSPS) is 17.9. The van der Waals surface area contributed by atoms with Crippen LogP contribution in [-0.4, -0.2) is 23.4 Å². The maximum Gasteiger partial charge on any atom is 0.0813 e. The lowest BCUT2D eigenvalue weighted by atomic mass is 9.80. The van der Waals surface area contributed by atoms with E-state index in [0.717, 1.165) is 6.42 Å². The van der Waals surface area contributed by atoms with Crippen molar-refractivity contribution in [3.63, 3.8) is 0 Å². The third-order valence-corrected chi connectivity index (χ3v) is 6.50. The Bertz CT molecular complexity index is 309. The highest BCUT2D eigenvalue weighted by Crippen LogP contribution is 2.37. The molecule has 162 valence electrons. The summed E-state index contributed by atoms with van der Waals surface area (Å²) >= 11 is 0. The molecule has 0 bridgehead atoms. The van der Waals surface area contributed by atoms with Gasteiger partial charge in [-0.2, -0.15) is 0 Å². The second kappa shape index (κ2) is 16.8. The molecule has 0 aromatic carbocycles. The zero-order valence-corrected chi connectivity index (χ0v) is 18.8. The van der Waals surface area contributed by atoms with Crippen molar-refractivity contribution in [1.82, 2.24) is 0 Å². The van der Waals surface area contributed by atoms with E-state index in [4.69, 9.17) is 4.74 Å². The monoisotopic (exact) mass is 382 g/mol. The first-order chi connectivity index (χ1) is 13.3. The molecular formula is C25H50O2. The maximum absolute atomic E-state index is 9.89. The molecule has 2 heteroatoms. The van der Waals surface area contributed by atoms with E-state index in [1.165, 1.54) is 122 Å². The fourth-order valence-corrected chi connectivity index (χ4v) is 4.72. The summed E-state index contributed by atoms with van der Waals surface area (Å²) in [7, 11) is 0. The van der Waals surface area contributed by atoms with Gasteiger partial charge in [0.25, 0.3) is 0 Å². The summed E-state index contributed by atoms with van der Waals surface area (Å²) < 4.78 is 6.65. The van der Waals surface area contributed by atoms with Crippen molar-refractivity contribution < 1.29 is 9.84 Å². The molecule has 0 heterocycles. The third-order valence-electron chi connectivity index (χ3n) is 6.50. The summed E-state index contributed by atoms with van der Waals surface area (Å²) in [5.41, 5.74) is 0.0809. The van der Waals surface area contributed by atoms with E-state index in [1.807, 2.05) is 0 Å². The van der Waals surface area contributed by atoms with Crippen LogP contribution in [0.1, 0.15) is 142 Å². The first-order valence-electron chi connectivity index (χ1n) is 12.5. The molecule has 0 amide bonds. The van der Waals surface area contributed by atoms with E-state index < -0.39 is 0 Å². The van der Waals surface area contributed by atoms with Gasteiger partial charge in [0.15, 0.2) is 0 Å². The van der Waals surface area contributed by atoms with Gasteiger partial charge < -0.3 is 9.84 Å².